The number of nitrogens with one attached hydrogen (secondary N) is 1. The number of hydrogen-bond acceptors (Lipinski definition) is 7. The van der Waals surface area contributed by atoms with Crippen LogP contribution in [0.2, 0.25) is 0 Å². The van der Waals surface area contributed by atoms with Gasteiger partial charge in [0.15, 0.2) is 0 Å². The molecule has 1 heterocycles. The van der Waals surface area contributed by atoms with E-state index >= 15 is 0 Å². The molecule has 0 aromatic carbocycles. The van der Waals surface area contributed by atoms with E-state index in [1.165, 1.54) is 0 Å². The molecular formula is C21H37N3O5. The number of nitrogens with zero attached hydrogens (tertiary/aromatic N) is 1. The summed E-state index contributed by atoms with van der Waals surface area (Å²) in [4.78, 5) is 13.3. The van der Waals surface area contributed by atoms with Gasteiger partial charge in [0.1, 0.15) is 12.2 Å². The molecule has 0 aromatic heterocycles. The third-order valence-electron chi connectivity index (χ3n) is 5.21. The minimum Gasteiger partial charge on any atom is -0.395 e. The van der Waals surface area contributed by atoms with E-state index in [9.17, 15) is 25.2 Å². The van der Waals surface area contributed by atoms with Crippen LogP contribution in [0, 0.1) is 0 Å². The van der Waals surface area contributed by atoms with Crippen LogP contribution in [-0.2, 0) is 4.79 Å². The molecular weight excluding hydrogens is 374 g/mol. The van der Waals surface area contributed by atoms with E-state index in [0.717, 1.165) is 31.3 Å². The summed E-state index contributed by atoms with van der Waals surface area (Å²) in [6, 6.07) is -0.556. The van der Waals surface area contributed by atoms with E-state index in [0.29, 0.717) is 24.4 Å². The lowest BCUT2D eigenvalue weighted by Crippen LogP contribution is -2.62. The number of β-amino-alcohol motifs (C(OH)–C–C–N with tert-alkyl or cyclic N) is 1. The van der Waals surface area contributed by atoms with Crippen LogP contribution in [-0.4, -0.2) is 81.8 Å². The Labute approximate surface area is 173 Å². The Kier molecular flexibility index (Phi) is 11.2. The highest BCUT2D eigenvalue weighted by atomic mass is 16.4. The van der Waals surface area contributed by atoms with Crippen molar-refractivity contribution in [2.24, 2.45) is 5.73 Å². The van der Waals surface area contributed by atoms with Gasteiger partial charge in [-0.2, -0.15) is 0 Å². The monoisotopic (exact) mass is 411 g/mol. The number of allylic oxidation sites excluding steroid dienone is 3. The molecule has 1 fully saturated rings. The second kappa shape index (κ2) is 12.8. The SMILES string of the molecule is C=C(C)/C=C\C(NCCCCCCN1C[C@H](O)[C@@H](O)[C@H](O)[C@H]1CO)=C(/C)C(N)=O. The van der Waals surface area contributed by atoms with Crippen molar-refractivity contribution in [3.05, 3.63) is 35.6 Å². The van der Waals surface area contributed by atoms with Gasteiger partial charge in [0.25, 0.3) is 0 Å². The number of carbonyl (C=O) groups is 1. The van der Waals surface area contributed by atoms with Gasteiger partial charge in [-0.3, -0.25) is 9.69 Å². The van der Waals surface area contributed by atoms with Crippen LogP contribution in [0.5, 0.6) is 0 Å². The van der Waals surface area contributed by atoms with Gasteiger partial charge in [0.05, 0.1) is 18.8 Å². The van der Waals surface area contributed by atoms with Gasteiger partial charge < -0.3 is 31.5 Å². The predicted octanol–water partition coefficient (Wildman–Crippen LogP) is -0.213. The Morgan fingerprint density at radius 3 is 2.38 bits per heavy atom. The highest BCUT2D eigenvalue weighted by molar-refractivity contribution is 5.92. The summed E-state index contributed by atoms with van der Waals surface area (Å²) >= 11 is 0. The van der Waals surface area contributed by atoms with Gasteiger partial charge in [-0.15, -0.1) is 0 Å². The lowest BCUT2D eigenvalue weighted by atomic mass is 9.94. The topological polar surface area (TPSA) is 139 Å². The van der Waals surface area contributed by atoms with Crippen molar-refractivity contribution in [3.8, 4) is 0 Å². The van der Waals surface area contributed by atoms with Crippen molar-refractivity contribution in [1.29, 1.82) is 0 Å². The molecule has 8 nitrogen and oxygen atoms in total. The molecule has 29 heavy (non-hydrogen) atoms. The number of piperidine rings is 1. The first-order chi connectivity index (χ1) is 13.7. The molecule has 166 valence electrons. The van der Waals surface area contributed by atoms with Gasteiger partial charge in [0, 0.05) is 24.4 Å². The molecule has 0 unspecified atom stereocenters. The number of rotatable bonds is 12. The largest absolute Gasteiger partial charge is 0.395 e. The van der Waals surface area contributed by atoms with Crippen molar-refractivity contribution in [2.45, 2.75) is 63.9 Å². The van der Waals surface area contributed by atoms with Gasteiger partial charge >= 0.3 is 0 Å². The quantitative estimate of drug-likeness (QED) is 0.148. The highest BCUT2D eigenvalue weighted by Gasteiger charge is 2.40. The minimum atomic E-state index is -1.22. The lowest BCUT2D eigenvalue weighted by molar-refractivity contribution is -0.145. The van der Waals surface area contributed by atoms with Crippen LogP contribution in [0.1, 0.15) is 39.5 Å². The summed E-state index contributed by atoms with van der Waals surface area (Å²) < 4.78 is 0. The number of primary amides is 1. The van der Waals surface area contributed by atoms with E-state index in [1.807, 2.05) is 17.9 Å². The number of aliphatic hydroxyl groups is 4. The van der Waals surface area contributed by atoms with E-state index < -0.39 is 30.3 Å². The van der Waals surface area contributed by atoms with E-state index in [4.69, 9.17) is 5.73 Å². The van der Waals surface area contributed by atoms with Gasteiger partial charge in [-0.1, -0.05) is 31.1 Å². The normalized spacial score (nSPS) is 26.4. The molecule has 0 aliphatic carbocycles. The smallest absolute Gasteiger partial charge is 0.246 e. The molecule has 0 aromatic rings. The van der Waals surface area contributed by atoms with E-state index in [-0.39, 0.29) is 13.2 Å². The zero-order valence-electron chi connectivity index (χ0n) is 17.5. The third kappa shape index (κ3) is 8.28. The van der Waals surface area contributed by atoms with Crippen molar-refractivity contribution in [1.82, 2.24) is 10.2 Å². The van der Waals surface area contributed by atoms with Crippen LogP contribution in [0.15, 0.2) is 35.6 Å². The van der Waals surface area contributed by atoms with Crippen molar-refractivity contribution < 1.29 is 25.2 Å². The minimum absolute atomic E-state index is 0.237. The molecule has 4 atom stereocenters. The van der Waals surface area contributed by atoms with Crippen LogP contribution >= 0.6 is 0 Å². The van der Waals surface area contributed by atoms with E-state index in [1.54, 1.807) is 13.0 Å². The summed E-state index contributed by atoms with van der Waals surface area (Å²) in [6.45, 7) is 8.67. The molecule has 0 spiro atoms. The fourth-order valence-electron chi connectivity index (χ4n) is 3.33. The number of carbonyl (C=O) groups excluding carboxylic acids is 1. The molecule has 0 radical (unpaired) electrons. The first-order valence-electron chi connectivity index (χ1n) is 10.2. The maximum Gasteiger partial charge on any atom is 0.246 e. The van der Waals surface area contributed by atoms with Gasteiger partial charge in [-0.25, -0.2) is 0 Å². The summed E-state index contributed by atoms with van der Waals surface area (Å²) in [6.07, 6.45) is 3.91. The number of nitrogens with two attached hydrogens (primary N) is 1. The fraction of sp³-hybridized carbons (Fsp3) is 0.667. The molecule has 1 saturated heterocycles. The molecule has 1 rings (SSSR count). The average molecular weight is 412 g/mol. The Balaban J connectivity index is 2.36. The fourth-order valence-corrected chi connectivity index (χ4v) is 3.33. The molecule has 0 bridgehead atoms. The van der Waals surface area contributed by atoms with Crippen molar-refractivity contribution >= 4 is 5.91 Å². The number of amides is 1. The Bertz CT molecular complexity index is 605. The Hall–Kier alpha value is -1.71. The Morgan fingerprint density at radius 2 is 1.79 bits per heavy atom. The number of unbranched alkanes of at least 4 members (excludes halogenated alkanes) is 3. The Morgan fingerprint density at radius 1 is 1.14 bits per heavy atom. The standard InChI is InChI=1S/C21H37N3O5/c1-14(2)8-9-16(15(3)21(22)29)23-10-6-4-5-7-11-24-12-18(26)20(28)19(27)17(24)13-25/h8-9,17-20,23,25-28H,1,4-7,10-13H2,2-3H3,(H2,22,29)/b9-8-,16-15-/t17-,18+,19-,20-/m1/s1. The lowest BCUT2D eigenvalue weighted by Gasteiger charge is -2.43. The zero-order chi connectivity index (χ0) is 22.0. The third-order valence-corrected chi connectivity index (χ3v) is 5.21. The molecule has 1 aliphatic rings. The van der Waals surface area contributed by atoms with Crippen LogP contribution in [0.3, 0.4) is 0 Å². The number of likely N-dealkylation sites (tertiary alicyclic amines) is 1. The molecule has 1 aliphatic heterocycles. The van der Waals surface area contributed by atoms with E-state index in [2.05, 4.69) is 11.9 Å². The molecule has 7 N–H and O–H groups in total. The van der Waals surface area contributed by atoms with Crippen molar-refractivity contribution in [3.63, 3.8) is 0 Å². The van der Waals surface area contributed by atoms with Crippen LogP contribution < -0.4 is 11.1 Å². The second-order valence-corrected chi connectivity index (χ2v) is 7.72. The molecule has 8 heteroatoms. The molecule has 0 saturated carbocycles. The van der Waals surface area contributed by atoms with Gasteiger partial charge in [0.2, 0.25) is 5.91 Å². The second-order valence-electron chi connectivity index (χ2n) is 7.72. The first kappa shape index (κ1) is 25.3. The predicted molar refractivity (Wildman–Crippen MR) is 113 cm³/mol. The summed E-state index contributed by atoms with van der Waals surface area (Å²) in [5, 5.41) is 42.3. The maximum absolute atomic E-state index is 11.4. The van der Waals surface area contributed by atoms with Crippen molar-refractivity contribution in [2.75, 3.05) is 26.2 Å². The number of aliphatic hydroxyl groups excluding tert-OH is 4. The highest BCUT2D eigenvalue weighted by Crippen LogP contribution is 2.19. The van der Waals surface area contributed by atoms with Crippen LogP contribution in [0.4, 0.5) is 0 Å². The zero-order valence-corrected chi connectivity index (χ0v) is 17.5. The maximum atomic E-state index is 11.4. The summed E-state index contributed by atoms with van der Waals surface area (Å²) in [7, 11) is 0. The summed E-state index contributed by atoms with van der Waals surface area (Å²) in [5.74, 6) is -0.465. The summed E-state index contributed by atoms with van der Waals surface area (Å²) in [5.41, 5.74) is 7.42. The average Bonchev–Trinajstić information content (AvgIpc) is 2.67. The number of hydrogen-bond donors (Lipinski definition) is 6. The van der Waals surface area contributed by atoms with Gasteiger partial charge in [-0.05, 0) is 39.3 Å². The van der Waals surface area contributed by atoms with Crippen LogP contribution in [0.25, 0.3) is 0 Å². The first-order valence-corrected chi connectivity index (χ1v) is 10.2. The molecule has 1 amide bonds.